The van der Waals surface area contributed by atoms with Gasteiger partial charge in [0.1, 0.15) is 11.3 Å². The first-order valence-electron chi connectivity index (χ1n) is 6.91. The van der Waals surface area contributed by atoms with Crippen molar-refractivity contribution in [2.75, 3.05) is 0 Å². The van der Waals surface area contributed by atoms with Crippen molar-refractivity contribution in [2.24, 2.45) is 0 Å². The van der Waals surface area contributed by atoms with E-state index in [0.29, 0.717) is 6.04 Å². The average Bonchev–Trinajstić information content (AvgIpc) is 3.03. The second-order valence-corrected chi connectivity index (χ2v) is 5.00. The van der Waals surface area contributed by atoms with Crippen molar-refractivity contribution in [3.63, 3.8) is 0 Å². The molecule has 1 fully saturated rings. The number of aryl methyl sites for hydroxylation is 1. The Kier molecular flexibility index (Phi) is 3.28. The van der Waals surface area contributed by atoms with Crippen molar-refractivity contribution in [3.8, 4) is 0 Å². The summed E-state index contributed by atoms with van der Waals surface area (Å²) in [6, 6.07) is 2.73. The Bertz CT molecular complexity index is 526. The summed E-state index contributed by atoms with van der Waals surface area (Å²) >= 11 is 0. The molecule has 4 heteroatoms. The number of fused-ring (bicyclic) bond motifs is 1. The number of nitrogens with zero attached hydrogens (tertiary/aromatic N) is 3. The molecule has 2 aromatic heterocycles. The molecule has 0 bridgehead atoms. The molecule has 0 unspecified atom stereocenters. The van der Waals surface area contributed by atoms with E-state index in [-0.39, 0.29) is 0 Å². The summed E-state index contributed by atoms with van der Waals surface area (Å²) in [6.07, 6.45) is 9.05. The van der Waals surface area contributed by atoms with Gasteiger partial charge in [0.05, 0.1) is 18.3 Å². The van der Waals surface area contributed by atoms with Gasteiger partial charge in [-0.25, -0.2) is 4.98 Å². The predicted molar refractivity (Wildman–Crippen MR) is 72.3 cm³/mol. The highest BCUT2D eigenvalue weighted by molar-refractivity contribution is 5.74. The molecular formula is C14H20N4. The highest BCUT2D eigenvalue weighted by atomic mass is 15.1. The minimum Gasteiger partial charge on any atom is -0.327 e. The third-order valence-electron chi connectivity index (χ3n) is 3.85. The fourth-order valence-corrected chi connectivity index (χ4v) is 2.88. The van der Waals surface area contributed by atoms with Crippen LogP contribution in [0, 0.1) is 0 Å². The minimum absolute atomic E-state index is 0.688. The van der Waals surface area contributed by atoms with Crippen LogP contribution >= 0.6 is 0 Å². The van der Waals surface area contributed by atoms with Crippen LogP contribution in [0.3, 0.4) is 0 Å². The zero-order chi connectivity index (χ0) is 12.4. The van der Waals surface area contributed by atoms with Crippen LogP contribution in [0.5, 0.6) is 0 Å². The zero-order valence-electron chi connectivity index (χ0n) is 10.9. The molecule has 1 aliphatic rings. The summed E-state index contributed by atoms with van der Waals surface area (Å²) in [5.74, 6) is 1.13. The number of rotatable bonds is 4. The van der Waals surface area contributed by atoms with Gasteiger partial charge in [0.15, 0.2) is 0 Å². The first kappa shape index (κ1) is 11.7. The van der Waals surface area contributed by atoms with Crippen LogP contribution in [-0.4, -0.2) is 20.6 Å². The van der Waals surface area contributed by atoms with Gasteiger partial charge in [-0.1, -0.05) is 12.8 Å². The zero-order valence-corrected chi connectivity index (χ0v) is 10.9. The lowest BCUT2D eigenvalue weighted by atomic mass is 10.2. The quantitative estimate of drug-likeness (QED) is 0.898. The minimum atomic E-state index is 0.688. The van der Waals surface area contributed by atoms with Gasteiger partial charge in [-0.05, 0) is 25.8 Å². The van der Waals surface area contributed by atoms with Gasteiger partial charge < -0.3 is 9.88 Å². The largest absolute Gasteiger partial charge is 0.327 e. The first-order valence-corrected chi connectivity index (χ1v) is 6.91. The molecule has 0 radical (unpaired) electrons. The van der Waals surface area contributed by atoms with E-state index in [1.54, 1.807) is 0 Å². The van der Waals surface area contributed by atoms with E-state index in [0.717, 1.165) is 24.4 Å². The number of imidazole rings is 1. The molecule has 0 aromatic carbocycles. The molecule has 0 spiro atoms. The second kappa shape index (κ2) is 5.06. The Morgan fingerprint density at radius 2 is 2.22 bits per heavy atom. The van der Waals surface area contributed by atoms with E-state index in [1.165, 1.54) is 31.2 Å². The van der Waals surface area contributed by atoms with Crippen LogP contribution in [0.1, 0.15) is 38.4 Å². The van der Waals surface area contributed by atoms with E-state index in [9.17, 15) is 0 Å². The molecule has 1 saturated carbocycles. The number of pyridine rings is 1. The number of aromatic nitrogens is 3. The van der Waals surface area contributed by atoms with Crippen LogP contribution in [0.15, 0.2) is 18.5 Å². The molecule has 0 amide bonds. The van der Waals surface area contributed by atoms with Gasteiger partial charge >= 0.3 is 0 Å². The molecule has 1 aliphatic carbocycles. The molecule has 2 heterocycles. The van der Waals surface area contributed by atoms with Gasteiger partial charge in [-0.2, -0.15) is 0 Å². The number of hydrogen-bond acceptors (Lipinski definition) is 3. The Morgan fingerprint density at radius 3 is 3.00 bits per heavy atom. The van der Waals surface area contributed by atoms with Gasteiger partial charge in [-0.15, -0.1) is 0 Å². The van der Waals surface area contributed by atoms with Crippen molar-refractivity contribution in [1.29, 1.82) is 0 Å². The standard InChI is InChI=1S/C14H20N4/c1-2-18-13-7-8-15-9-12(13)17-14(18)10-16-11-5-3-4-6-11/h7-9,11,16H,2-6,10H2,1H3. The number of hydrogen-bond donors (Lipinski definition) is 1. The fraction of sp³-hybridized carbons (Fsp3) is 0.571. The van der Waals surface area contributed by atoms with Crippen LogP contribution in [-0.2, 0) is 13.1 Å². The maximum Gasteiger partial charge on any atom is 0.123 e. The normalized spacial score (nSPS) is 16.7. The van der Waals surface area contributed by atoms with E-state index >= 15 is 0 Å². The van der Waals surface area contributed by atoms with Crippen LogP contribution < -0.4 is 5.32 Å². The van der Waals surface area contributed by atoms with Crippen LogP contribution in [0.4, 0.5) is 0 Å². The van der Waals surface area contributed by atoms with Gasteiger partial charge in [-0.3, -0.25) is 4.98 Å². The van der Waals surface area contributed by atoms with Crippen molar-refractivity contribution in [2.45, 2.75) is 51.7 Å². The lowest BCUT2D eigenvalue weighted by Crippen LogP contribution is -2.26. The van der Waals surface area contributed by atoms with Crippen molar-refractivity contribution < 1.29 is 0 Å². The van der Waals surface area contributed by atoms with Crippen LogP contribution in [0.2, 0.25) is 0 Å². The summed E-state index contributed by atoms with van der Waals surface area (Å²) in [5.41, 5.74) is 2.19. The SMILES string of the molecule is CCn1c(CNC2CCCC2)nc2cnccc21. The van der Waals surface area contributed by atoms with Crippen molar-refractivity contribution >= 4 is 11.0 Å². The smallest absolute Gasteiger partial charge is 0.123 e. The Balaban J connectivity index is 1.81. The summed E-state index contributed by atoms with van der Waals surface area (Å²) in [4.78, 5) is 8.83. The van der Waals surface area contributed by atoms with Gasteiger partial charge in [0.25, 0.3) is 0 Å². The third kappa shape index (κ3) is 2.12. The monoisotopic (exact) mass is 244 g/mol. The third-order valence-corrected chi connectivity index (χ3v) is 3.85. The summed E-state index contributed by atoms with van der Waals surface area (Å²) in [7, 11) is 0. The average molecular weight is 244 g/mol. The van der Waals surface area contributed by atoms with Crippen LogP contribution in [0.25, 0.3) is 11.0 Å². The molecule has 1 N–H and O–H groups in total. The Morgan fingerprint density at radius 1 is 1.39 bits per heavy atom. The highest BCUT2D eigenvalue weighted by Gasteiger charge is 2.16. The maximum absolute atomic E-state index is 4.68. The molecular weight excluding hydrogens is 224 g/mol. The fourth-order valence-electron chi connectivity index (χ4n) is 2.88. The Hall–Kier alpha value is -1.42. The van der Waals surface area contributed by atoms with Crippen molar-refractivity contribution in [3.05, 3.63) is 24.3 Å². The summed E-state index contributed by atoms with van der Waals surface area (Å²) in [5, 5.41) is 3.63. The summed E-state index contributed by atoms with van der Waals surface area (Å²) in [6.45, 7) is 4.00. The predicted octanol–water partition coefficient (Wildman–Crippen LogP) is 2.48. The lowest BCUT2D eigenvalue weighted by molar-refractivity contribution is 0.504. The Labute approximate surface area is 107 Å². The van der Waals surface area contributed by atoms with Gasteiger partial charge in [0, 0.05) is 18.8 Å². The number of nitrogens with one attached hydrogen (secondary N) is 1. The van der Waals surface area contributed by atoms with E-state index in [4.69, 9.17) is 0 Å². The second-order valence-electron chi connectivity index (χ2n) is 5.00. The molecule has 0 saturated heterocycles. The van der Waals surface area contributed by atoms with E-state index in [2.05, 4.69) is 26.8 Å². The topological polar surface area (TPSA) is 42.7 Å². The van der Waals surface area contributed by atoms with E-state index < -0.39 is 0 Å². The highest BCUT2D eigenvalue weighted by Crippen LogP contribution is 2.19. The maximum atomic E-state index is 4.68. The first-order chi connectivity index (χ1) is 8.88. The molecule has 0 aliphatic heterocycles. The molecule has 0 atom stereocenters. The molecule has 96 valence electrons. The molecule has 3 rings (SSSR count). The van der Waals surface area contributed by atoms with Crippen molar-refractivity contribution in [1.82, 2.24) is 19.9 Å². The summed E-state index contributed by atoms with van der Waals surface area (Å²) < 4.78 is 2.28. The van der Waals surface area contributed by atoms with E-state index in [1.807, 2.05) is 18.5 Å². The van der Waals surface area contributed by atoms with Gasteiger partial charge in [0.2, 0.25) is 0 Å². The molecule has 4 nitrogen and oxygen atoms in total. The molecule has 18 heavy (non-hydrogen) atoms. The molecule has 2 aromatic rings. The lowest BCUT2D eigenvalue weighted by Gasteiger charge is -2.12.